The fourth-order valence-corrected chi connectivity index (χ4v) is 2.89. The smallest absolute Gasteiger partial charge is 0.322 e. The van der Waals surface area contributed by atoms with E-state index in [1.807, 2.05) is 25.1 Å². The van der Waals surface area contributed by atoms with Crippen LogP contribution in [0.25, 0.3) is 0 Å². The van der Waals surface area contributed by atoms with Crippen LogP contribution in [0.4, 0.5) is 10.5 Å². The normalized spacial score (nSPS) is 17.7. The lowest BCUT2D eigenvalue weighted by atomic mass is 10.1. The van der Waals surface area contributed by atoms with E-state index in [9.17, 15) is 4.79 Å². The lowest BCUT2D eigenvalue weighted by Crippen LogP contribution is -2.34. The molecule has 2 aromatic rings. The minimum atomic E-state index is -0.162. The van der Waals surface area contributed by atoms with E-state index in [2.05, 4.69) is 10.5 Å². The van der Waals surface area contributed by atoms with Gasteiger partial charge in [0.25, 0.3) is 0 Å². The maximum atomic E-state index is 12.5. The Bertz CT molecular complexity index is 671. The van der Waals surface area contributed by atoms with Gasteiger partial charge in [0, 0.05) is 12.6 Å². The highest BCUT2D eigenvalue weighted by Crippen LogP contribution is 2.33. The Kier molecular flexibility index (Phi) is 4.34. The maximum absolute atomic E-state index is 12.5. The van der Waals surface area contributed by atoms with Crippen molar-refractivity contribution in [2.75, 3.05) is 11.9 Å². The predicted molar refractivity (Wildman–Crippen MR) is 85.0 cm³/mol. The number of aryl methyl sites for hydroxylation is 1. The summed E-state index contributed by atoms with van der Waals surface area (Å²) in [6.45, 7) is 2.72. The molecule has 0 radical (unpaired) electrons. The Hall–Kier alpha value is -2.01. The highest BCUT2D eigenvalue weighted by Gasteiger charge is 2.33. The Morgan fingerprint density at radius 3 is 3.05 bits per heavy atom. The monoisotopic (exact) mass is 319 g/mol. The van der Waals surface area contributed by atoms with E-state index >= 15 is 0 Å². The molecule has 5 nitrogen and oxygen atoms in total. The quantitative estimate of drug-likeness (QED) is 0.919. The number of hydrogen-bond donors (Lipinski definition) is 1. The number of carbonyl (C=O) groups excluding carboxylic acids is 1. The fraction of sp³-hybridized carbons (Fsp3) is 0.375. The third-order valence-corrected chi connectivity index (χ3v) is 4.23. The Labute approximate surface area is 134 Å². The molecule has 2 amide bonds. The van der Waals surface area contributed by atoms with Gasteiger partial charge in [-0.1, -0.05) is 35.8 Å². The zero-order chi connectivity index (χ0) is 15.5. The largest absolute Gasteiger partial charge is 0.359 e. The minimum Gasteiger partial charge on any atom is -0.359 e. The summed E-state index contributed by atoms with van der Waals surface area (Å²) < 4.78 is 5.40. The van der Waals surface area contributed by atoms with Gasteiger partial charge in [0.05, 0.1) is 22.4 Å². The summed E-state index contributed by atoms with van der Waals surface area (Å²) in [5.41, 5.74) is 1.53. The van der Waals surface area contributed by atoms with Crippen LogP contribution in [-0.4, -0.2) is 22.6 Å². The number of para-hydroxylation sites is 1. The molecule has 0 spiro atoms. The average molecular weight is 320 g/mol. The van der Waals surface area contributed by atoms with Crippen LogP contribution in [0.15, 0.2) is 34.9 Å². The van der Waals surface area contributed by atoms with Crippen molar-refractivity contribution >= 4 is 23.3 Å². The number of nitrogens with one attached hydrogen (secondary N) is 1. The van der Waals surface area contributed by atoms with Gasteiger partial charge in [-0.3, -0.25) is 0 Å². The van der Waals surface area contributed by atoms with Gasteiger partial charge < -0.3 is 14.7 Å². The van der Waals surface area contributed by atoms with Gasteiger partial charge in [-0.15, -0.1) is 0 Å². The zero-order valence-corrected chi connectivity index (χ0v) is 13.1. The molecule has 1 saturated heterocycles. The second-order valence-electron chi connectivity index (χ2n) is 5.34. The number of benzene rings is 1. The first-order valence-electron chi connectivity index (χ1n) is 7.46. The Morgan fingerprint density at radius 1 is 1.50 bits per heavy atom. The van der Waals surface area contributed by atoms with Crippen LogP contribution in [0.2, 0.25) is 5.02 Å². The molecule has 1 aliphatic heterocycles. The van der Waals surface area contributed by atoms with Crippen molar-refractivity contribution < 1.29 is 9.32 Å². The van der Waals surface area contributed by atoms with Gasteiger partial charge >= 0.3 is 6.03 Å². The van der Waals surface area contributed by atoms with E-state index < -0.39 is 0 Å². The van der Waals surface area contributed by atoms with Crippen LogP contribution in [0.3, 0.4) is 0 Å². The highest BCUT2D eigenvalue weighted by atomic mass is 35.5. The van der Waals surface area contributed by atoms with Crippen LogP contribution in [0, 0.1) is 0 Å². The third-order valence-electron chi connectivity index (χ3n) is 3.90. The highest BCUT2D eigenvalue weighted by molar-refractivity contribution is 6.33. The zero-order valence-electron chi connectivity index (χ0n) is 12.4. The maximum Gasteiger partial charge on any atom is 0.322 e. The molecular formula is C16H18ClN3O2. The molecule has 1 atom stereocenters. The van der Waals surface area contributed by atoms with Crippen molar-refractivity contribution in [3.05, 3.63) is 46.8 Å². The van der Waals surface area contributed by atoms with Crippen molar-refractivity contribution in [2.45, 2.75) is 32.2 Å². The molecule has 0 bridgehead atoms. The number of urea groups is 1. The van der Waals surface area contributed by atoms with Crippen molar-refractivity contribution in [3.8, 4) is 0 Å². The van der Waals surface area contributed by atoms with Crippen molar-refractivity contribution in [2.24, 2.45) is 0 Å². The van der Waals surface area contributed by atoms with Crippen LogP contribution in [-0.2, 0) is 6.42 Å². The number of likely N-dealkylation sites (tertiary alicyclic amines) is 1. The lowest BCUT2D eigenvalue weighted by molar-refractivity contribution is 0.195. The van der Waals surface area contributed by atoms with Gasteiger partial charge in [-0.25, -0.2) is 4.79 Å². The Balaban J connectivity index is 1.75. The van der Waals surface area contributed by atoms with Gasteiger partial charge in [-0.2, -0.15) is 0 Å². The fourth-order valence-electron chi connectivity index (χ4n) is 2.71. The second kappa shape index (κ2) is 6.40. The van der Waals surface area contributed by atoms with Crippen molar-refractivity contribution in [3.63, 3.8) is 0 Å². The molecule has 1 aromatic carbocycles. The molecule has 1 N–H and O–H groups in total. The van der Waals surface area contributed by atoms with Gasteiger partial charge in [0.15, 0.2) is 5.76 Å². The molecule has 1 fully saturated rings. The first-order valence-corrected chi connectivity index (χ1v) is 7.84. The van der Waals surface area contributed by atoms with Crippen molar-refractivity contribution in [1.29, 1.82) is 0 Å². The summed E-state index contributed by atoms with van der Waals surface area (Å²) in [6, 6.07) is 8.92. The number of nitrogens with zero attached hydrogens (tertiary/aromatic N) is 2. The topological polar surface area (TPSA) is 58.4 Å². The van der Waals surface area contributed by atoms with Gasteiger partial charge in [0.1, 0.15) is 0 Å². The minimum absolute atomic E-state index is 0.0599. The number of amides is 2. The molecule has 2 heterocycles. The SMILES string of the molecule is CCc1cc([C@H]2CCCN2C(=O)Nc2ccccc2Cl)on1. The van der Waals surface area contributed by atoms with E-state index in [4.69, 9.17) is 16.1 Å². The van der Waals surface area contributed by atoms with E-state index in [0.717, 1.165) is 30.7 Å². The molecule has 116 valence electrons. The van der Waals surface area contributed by atoms with Crippen LogP contribution in [0.1, 0.15) is 37.3 Å². The second-order valence-corrected chi connectivity index (χ2v) is 5.74. The Morgan fingerprint density at radius 2 is 2.32 bits per heavy atom. The summed E-state index contributed by atoms with van der Waals surface area (Å²) in [4.78, 5) is 14.3. The van der Waals surface area contributed by atoms with Crippen LogP contribution < -0.4 is 5.32 Å². The third kappa shape index (κ3) is 2.95. The molecule has 1 aromatic heterocycles. The first-order chi connectivity index (χ1) is 10.7. The summed E-state index contributed by atoms with van der Waals surface area (Å²) >= 11 is 6.09. The van der Waals surface area contributed by atoms with Crippen LogP contribution >= 0.6 is 11.6 Å². The number of hydrogen-bond acceptors (Lipinski definition) is 3. The predicted octanol–water partition coefficient (Wildman–Crippen LogP) is 4.26. The summed E-state index contributed by atoms with van der Waals surface area (Å²) in [7, 11) is 0. The van der Waals surface area contributed by atoms with Crippen molar-refractivity contribution in [1.82, 2.24) is 10.1 Å². The standard InChI is InChI=1S/C16H18ClN3O2/c1-2-11-10-15(22-19-11)14-8-5-9-20(14)16(21)18-13-7-4-3-6-12(13)17/h3-4,6-7,10,14H,2,5,8-9H2,1H3,(H,18,21)/t14-/m1/s1. The molecule has 0 aliphatic carbocycles. The summed E-state index contributed by atoms with van der Waals surface area (Å²) in [5.74, 6) is 0.753. The molecular weight excluding hydrogens is 302 g/mol. The number of anilines is 1. The van der Waals surface area contributed by atoms with E-state index in [0.29, 0.717) is 17.3 Å². The lowest BCUT2D eigenvalue weighted by Gasteiger charge is -2.23. The van der Waals surface area contributed by atoms with Gasteiger partial charge in [-0.05, 0) is 31.4 Å². The summed E-state index contributed by atoms with van der Waals surface area (Å²) in [5, 5.41) is 7.41. The van der Waals surface area contributed by atoms with E-state index in [-0.39, 0.29) is 12.1 Å². The van der Waals surface area contributed by atoms with Gasteiger partial charge in [0.2, 0.25) is 0 Å². The molecule has 6 heteroatoms. The number of halogens is 1. The number of aromatic nitrogens is 1. The molecule has 1 aliphatic rings. The average Bonchev–Trinajstić information content (AvgIpc) is 3.17. The van der Waals surface area contributed by atoms with E-state index in [1.54, 1.807) is 17.0 Å². The molecule has 22 heavy (non-hydrogen) atoms. The number of rotatable bonds is 3. The molecule has 0 unspecified atom stereocenters. The molecule has 3 rings (SSSR count). The first kappa shape index (κ1) is 14.9. The van der Waals surface area contributed by atoms with Crippen LogP contribution in [0.5, 0.6) is 0 Å². The van der Waals surface area contributed by atoms with E-state index in [1.165, 1.54) is 0 Å². The summed E-state index contributed by atoms with van der Waals surface area (Å²) in [6.07, 6.45) is 2.65. The molecule has 0 saturated carbocycles. The number of carbonyl (C=O) groups is 1.